The number of benzene rings is 1. The minimum atomic E-state index is -0.312. The van der Waals surface area contributed by atoms with Gasteiger partial charge < -0.3 is 15.6 Å². The van der Waals surface area contributed by atoms with Crippen LogP contribution in [-0.2, 0) is 5.75 Å². The van der Waals surface area contributed by atoms with Gasteiger partial charge in [0.2, 0.25) is 11.9 Å². The first kappa shape index (κ1) is 23.6. The summed E-state index contributed by atoms with van der Waals surface area (Å²) in [7, 11) is 0. The van der Waals surface area contributed by atoms with Crippen LogP contribution in [0.1, 0.15) is 22.8 Å². The van der Waals surface area contributed by atoms with Crippen LogP contribution in [0.4, 0.5) is 16.0 Å². The molecule has 168 valence electrons. The maximum absolute atomic E-state index is 13.1. The number of anilines is 2. The van der Waals surface area contributed by atoms with Gasteiger partial charge >= 0.3 is 0 Å². The summed E-state index contributed by atoms with van der Waals surface area (Å²) >= 11 is 7.13. The van der Waals surface area contributed by atoms with Crippen molar-refractivity contribution in [2.24, 2.45) is 4.99 Å². The predicted octanol–water partition coefficient (Wildman–Crippen LogP) is 3.95. The SMILES string of the molecule is Cc1cc(C)nc(NC(=NCCSCc2nc[nH]c2C)NC(=S)Nc2ccc(F)cc2)n1. The predicted molar refractivity (Wildman–Crippen MR) is 133 cm³/mol. The van der Waals surface area contributed by atoms with E-state index in [0.29, 0.717) is 29.3 Å². The third kappa shape index (κ3) is 7.57. The second-order valence-electron chi connectivity index (χ2n) is 6.94. The van der Waals surface area contributed by atoms with Crippen molar-refractivity contribution >= 4 is 46.7 Å². The Morgan fingerprint density at radius 3 is 2.50 bits per heavy atom. The van der Waals surface area contributed by atoms with E-state index >= 15 is 0 Å². The molecule has 0 radical (unpaired) electrons. The Labute approximate surface area is 196 Å². The van der Waals surface area contributed by atoms with Gasteiger partial charge in [-0.3, -0.25) is 10.3 Å². The van der Waals surface area contributed by atoms with Gasteiger partial charge in [-0.1, -0.05) is 0 Å². The smallest absolute Gasteiger partial charge is 0.229 e. The van der Waals surface area contributed by atoms with E-state index in [1.165, 1.54) is 12.1 Å². The lowest BCUT2D eigenvalue weighted by Gasteiger charge is -2.14. The van der Waals surface area contributed by atoms with Crippen molar-refractivity contribution in [3.63, 3.8) is 0 Å². The second-order valence-corrected chi connectivity index (χ2v) is 8.46. The summed E-state index contributed by atoms with van der Waals surface area (Å²) in [6, 6.07) is 7.83. The van der Waals surface area contributed by atoms with Gasteiger partial charge in [-0.15, -0.1) is 0 Å². The molecule has 1 aromatic carbocycles. The molecule has 32 heavy (non-hydrogen) atoms. The number of aliphatic imine (C=N–C) groups is 1. The Kier molecular flexibility index (Phi) is 8.51. The zero-order chi connectivity index (χ0) is 22.9. The third-order valence-electron chi connectivity index (χ3n) is 4.23. The van der Waals surface area contributed by atoms with E-state index in [1.54, 1.807) is 30.2 Å². The topological polar surface area (TPSA) is 103 Å². The highest BCUT2D eigenvalue weighted by Gasteiger charge is 2.08. The summed E-state index contributed by atoms with van der Waals surface area (Å²) in [5.41, 5.74) is 4.47. The summed E-state index contributed by atoms with van der Waals surface area (Å²) in [5.74, 6) is 2.15. The largest absolute Gasteiger partial charge is 0.348 e. The highest BCUT2D eigenvalue weighted by Crippen LogP contribution is 2.12. The monoisotopic (exact) mass is 472 g/mol. The van der Waals surface area contributed by atoms with Crippen molar-refractivity contribution in [3.05, 3.63) is 65.3 Å². The van der Waals surface area contributed by atoms with Gasteiger partial charge in [0.1, 0.15) is 5.82 Å². The molecule has 0 aliphatic heterocycles. The van der Waals surface area contributed by atoms with Gasteiger partial charge in [-0.05, 0) is 63.3 Å². The molecule has 0 aliphatic rings. The standard InChI is InChI=1S/C21H25FN8S2/c1-13-10-14(2)27-20(26-13)29-19(23-8-9-32-11-18-15(3)24-12-25-18)30-21(31)28-17-6-4-16(22)5-7-17/h4-7,10,12H,8-9,11H2,1-3H3,(H,24,25)(H3,23,26,27,28,29,30,31). The maximum Gasteiger partial charge on any atom is 0.229 e. The fraction of sp³-hybridized carbons (Fsp3) is 0.286. The minimum Gasteiger partial charge on any atom is -0.348 e. The van der Waals surface area contributed by atoms with Crippen LogP contribution in [0.2, 0.25) is 0 Å². The van der Waals surface area contributed by atoms with E-state index < -0.39 is 0 Å². The number of halogens is 1. The zero-order valence-corrected chi connectivity index (χ0v) is 19.7. The van der Waals surface area contributed by atoms with Crippen LogP contribution in [0.25, 0.3) is 0 Å². The van der Waals surface area contributed by atoms with Crippen LogP contribution >= 0.6 is 24.0 Å². The minimum absolute atomic E-state index is 0.312. The van der Waals surface area contributed by atoms with Crippen molar-refractivity contribution in [1.82, 2.24) is 25.3 Å². The number of rotatable bonds is 7. The van der Waals surface area contributed by atoms with Crippen LogP contribution < -0.4 is 16.0 Å². The number of aromatic nitrogens is 4. The number of nitrogens with one attached hydrogen (secondary N) is 4. The maximum atomic E-state index is 13.1. The van der Waals surface area contributed by atoms with E-state index in [1.807, 2.05) is 26.8 Å². The van der Waals surface area contributed by atoms with Crippen molar-refractivity contribution in [1.29, 1.82) is 0 Å². The number of hydrogen-bond donors (Lipinski definition) is 4. The van der Waals surface area contributed by atoms with Crippen LogP contribution in [0.3, 0.4) is 0 Å². The number of aryl methyl sites for hydroxylation is 3. The number of H-pyrrole nitrogens is 1. The van der Waals surface area contributed by atoms with E-state index in [0.717, 1.165) is 34.3 Å². The van der Waals surface area contributed by atoms with Crippen molar-refractivity contribution in [2.75, 3.05) is 22.9 Å². The molecule has 11 heteroatoms. The van der Waals surface area contributed by atoms with E-state index in [4.69, 9.17) is 12.2 Å². The average Bonchev–Trinajstić information content (AvgIpc) is 3.13. The van der Waals surface area contributed by atoms with Crippen LogP contribution in [-0.4, -0.2) is 43.3 Å². The summed E-state index contributed by atoms with van der Waals surface area (Å²) in [6.45, 7) is 6.36. The number of imidazole rings is 1. The van der Waals surface area contributed by atoms with Crippen molar-refractivity contribution in [3.8, 4) is 0 Å². The molecule has 0 fully saturated rings. The Morgan fingerprint density at radius 2 is 1.84 bits per heavy atom. The Hall–Kier alpha value is -3.05. The van der Waals surface area contributed by atoms with E-state index in [-0.39, 0.29) is 5.82 Å². The summed E-state index contributed by atoms with van der Waals surface area (Å²) in [5, 5.41) is 9.46. The molecule has 0 spiro atoms. The molecule has 2 heterocycles. The highest BCUT2D eigenvalue weighted by atomic mass is 32.2. The molecule has 2 aromatic heterocycles. The van der Waals surface area contributed by atoms with Gasteiger partial charge in [0.05, 0.1) is 18.6 Å². The molecule has 8 nitrogen and oxygen atoms in total. The molecule has 0 aliphatic carbocycles. The molecule has 0 unspecified atom stereocenters. The highest BCUT2D eigenvalue weighted by molar-refractivity contribution is 7.98. The molecule has 0 saturated carbocycles. The zero-order valence-electron chi connectivity index (χ0n) is 18.1. The number of thiocarbonyl (C=S) groups is 1. The Morgan fingerprint density at radius 1 is 1.12 bits per heavy atom. The van der Waals surface area contributed by atoms with Crippen molar-refractivity contribution in [2.45, 2.75) is 26.5 Å². The van der Waals surface area contributed by atoms with Gasteiger partial charge in [0, 0.05) is 34.3 Å². The summed E-state index contributed by atoms with van der Waals surface area (Å²) < 4.78 is 13.1. The lowest BCUT2D eigenvalue weighted by Crippen LogP contribution is -2.39. The lowest BCUT2D eigenvalue weighted by molar-refractivity contribution is 0.628. The molecule has 0 atom stereocenters. The van der Waals surface area contributed by atoms with Crippen molar-refractivity contribution < 1.29 is 4.39 Å². The first-order valence-electron chi connectivity index (χ1n) is 9.93. The first-order valence-corrected chi connectivity index (χ1v) is 11.5. The quantitative estimate of drug-likeness (QED) is 0.177. The van der Waals surface area contributed by atoms with Crippen LogP contribution in [0, 0.1) is 26.6 Å². The van der Waals surface area contributed by atoms with Gasteiger partial charge in [-0.2, -0.15) is 11.8 Å². The third-order valence-corrected chi connectivity index (χ3v) is 5.38. The number of aromatic amines is 1. The van der Waals surface area contributed by atoms with E-state index in [2.05, 4.69) is 40.9 Å². The van der Waals surface area contributed by atoms with Gasteiger partial charge in [0.25, 0.3) is 0 Å². The van der Waals surface area contributed by atoms with E-state index in [9.17, 15) is 4.39 Å². The van der Waals surface area contributed by atoms with Gasteiger partial charge in [0.15, 0.2) is 5.11 Å². The number of hydrogen-bond acceptors (Lipinski definition) is 6. The van der Waals surface area contributed by atoms with Crippen LogP contribution in [0.5, 0.6) is 0 Å². The Bertz CT molecular complexity index is 1060. The molecule has 0 saturated heterocycles. The molecule has 0 amide bonds. The van der Waals surface area contributed by atoms with Gasteiger partial charge in [-0.25, -0.2) is 19.3 Å². The molecule has 4 N–H and O–H groups in total. The second kappa shape index (κ2) is 11.5. The molecular formula is C21H25FN8S2. The molecule has 3 aromatic rings. The number of nitrogens with zero attached hydrogens (tertiary/aromatic N) is 4. The molecular weight excluding hydrogens is 447 g/mol. The molecule has 0 bridgehead atoms. The van der Waals surface area contributed by atoms with Crippen LogP contribution in [0.15, 0.2) is 41.7 Å². The first-order chi connectivity index (χ1) is 15.4. The number of thioether (sulfide) groups is 1. The molecule has 3 rings (SSSR count). The number of guanidine groups is 1. The Balaban J connectivity index is 1.62. The summed E-state index contributed by atoms with van der Waals surface area (Å²) in [6.07, 6.45) is 1.70. The summed E-state index contributed by atoms with van der Waals surface area (Å²) in [4.78, 5) is 20.8. The average molecular weight is 473 g/mol. The fourth-order valence-electron chi connectivity index (χ4n) is 2.72. The fourth-order valence-corrected chi connectivity index (χ4v) is 3.79. The lowest BCUT2D eigenvalue weighted by atomic mass is 10.3. The normalized spacial score (nSPS) is 11.3.